The zero-order valence-corrected chi connectivity index (χ0v) is 9.42. The van der Waals surface area contributed by atoms with Crippen molar-refractivity contribution in [1.29, 1.82) is 0 Å². The Morgan fingerprint density at radius 2 is 2.35 bits per heavy atom. The molecule has 0 aromatic carbocycles. The smallest absolute Gasteiger partial charge is 0.314 e. The normalized spacial score (nSPS) is 17.2. The van der Waals surface area contributed by atoms with Gasteiger partial charge in [-0.15, -0.1) is 5.10 Å². The van der Waals surface area contributed by atoms with Crippen molar-refractivity contribution in [3.05, 3.63) is 23.8 Å². The summed E-state index contributed by atoms with van der Waals surface area (Å²) < 4.78 is 1.57. The van der Waals surface area contributed by atoms with Crippen LogP contribution in [0.15, 0.2) is 12.4 Å². The summed E-state index contributed by atoms with van der Waals surface area (Å²) in [5.74, 6) is 0.455. The molecule has 0 saturated heterocycles. The van der Waals surface area contributed by atoms with E-state index in [2.05, 4.69) is 15.1 Å². The van der Waals surface area contributed by atoms with Crippen LogP contribution in [0.2, 0.25) is 0 Å². The molecule has 3 rings (SSSR count). The molecule has 6 heteroatoms. The van der Waals surface area contributed by atoms with Crippen LogP contribution in [-0.4, -0.2) is 30.7 Å². The Hall–Kier alpha value is -1.98. The maximum Gasteiger partial charge on any atom is 0.314 e. The third-order valence-corrected chi connectivity index (χ3v) is 3.27. The van der Waals surface area contributed by atoms with Crippen LogP contribution in [0.25, 0.3) is 5.78 Å². The number of carbonyl (C=O) groups is 1. The van der Waals surface area contributed by atoms with E-state index in [1.807, 2.05) is 6.92 Å². The first-order chi connectivity index (χ1) is 8.15. The van der Waals surface area contributed by atoms with E-state index in [1.165, 1.54) is 0 Å². The monoisotopic (exact) mass is 232 g/mol. The lowest BCUT2D eigenvalue weighted by Gasteiger charge is -2.08. The Kier molecular flexibility index (Phi) is 1.95. The number of fused-ring (bicyclic) bond motifs is 1. The molecule has 1 aliphatic carbocycles. The number of hydrogen-bond donors (Lipinski definition) is 1. The van der Waals surface area contributed by atoms with Gasteiger partial charge in [0.1, 0.15) is 0 Å². The highest BCUT2D eigenvalue weighted by atomic mass is 16.4. The summed E-state index contributed by atoms with van der Waals surface area (Å²) in [7, 11) is 0. The highest BCUT2D eigenvalue weighted by Gasteiger charge is 2.52. The molecule has 1 saturated carbocycles. The standard InChI is InChI=1S/C11H12N4O2/c1-2-8-13-10-12-5-7(6-15(10)14-8)11(3-4-11)9(16)17/h5-6H,2-4H2,1H3,(H,16,17). The molecule has 0 unspecified atom stereocenters. The molecule has 0 amide bonds. The van der Waals surface area contributed by atoms with E-state index in [1.54, 1.807) is 16.9 Å². The zero-order chi connectivity index (χ0) is 12.0. The fraction of sp³-hybridized carbons (Fsp3) is 0.455. The Morgan fingerprint density at radius 1 is 1.59 bits per heavy atom. The molecule has 0 atom stereocenters. The zero-order valence-electron chi connectivity index (χ0n) is 9.42. The van der Waals surface area contributed by atoms with Crippen molar-refractivity contribution in [3.8, 4) is 0 Å². The van der Waals surface area contributed by atoms with Crippen LogP contribution < -0.4 is 0 Å². The van der Waals surface area contributed by atoms with Crippen molar-refractivity contribution in [2.45, 2.75) is 31.6 Å². The lowest BCUT2D eigenvalue weighted by atomic mass is 10.00. The Labute approximate surface area is 97.3 Å². The average molecular weight is 232 g/mol. The number of carboxylic acids is 1. The molecule has 2 heterocycles. The number of nitrogens with zero attached hydrogens (tertiary/aromatic N) is 4. The maximum absolute atomic E-state index is 11.2. The van der Waals surface area contributed by atoms with E-state index in [-0.39, 0.29) is 0 Å². The van der Waals surface area contributed by atoms with Gasteiger partial charge in [0.25, 0.3) is 5.78 Å². The molecule has 0 bridgehead atoms. The molecule has 0 spiro atoms. The molecule has 17 heavy (non-hydrogen) atoms. The Morgan fingerprint density at radius 3 is 2.94 bits per heavy atom. The van der Waals surface area contributed by atoms with Crippen LogP contribution in [0.1, 0.15) is 31.2 Å². The van der Waals surface area contributed by atoms with E-state index in [4.69, 9.17) is 0 Å². The second kappa shape index (κ2) is 3.26. The molecular weight excluding hydrogens is 220 g/mol. The molecule has 2 aromatic rings. The van der Waals surface area contributed by atoms with E-state index >= 15 is 0 Å². The second-order valence-corrected chi connectivity index (χ2v) is 4.36. The SMILES string of the molecule is CCc1nc2ncc(C3(C(=O)O)CC3)cn2n1. The first-order valence-corrected chi connectivity index (χ1v) is 5.61. The molecule has 2 aromatic heterocycles. The number of hydrogen-bond acceptors (Lipinski definition) is 4. The fourth-order valence-corrected chi connectivity index (χ4v) is 1.97. The number of rotatable bonds is 3. The van der Waals surface area contributed by atoms with Gasteiger partial charge in [-0.1, -0.05) is 6.92 Å². The van der Waals surface area contributed by atoms with E-state index in [0.717, 1.165) is 12.2 Å². The minimum Gasteiger partial charge on any atom is -0.481 e. The van der Waals surface area contributed by atoms with Gasteiger partial charge in [0, 0.05) is 24.4 Å². The number of aromatic nitrogens is 4. The van der Waals surface area contributed by atoms with Crippen LogP contribution in [-0.2, 0) is 16.6 Å². The Balaban J connectivity index is 2.10. The first-order valence-electron chi connectivity index (χ1n) is 5.61. The van der Waals surface area contributed by atoms with E-state index in [9.17, 15) is 9.90 Å². The Bertz CT molecular complexity index is 601. The number of carboxylic acid groups (broad SMARTS) is 1. The quantitative estimate of drug-likeness (QED) is 0.846. The van der Waals surface area contributed by atoms with Crippen molar-refractivity contribution in [3.63, 3.8) is 0 Å². The van der Waals surface area contributed by atoms with Crippen LogP contribution in [0.3, 0.4) is 0 Å². The van der Waals surface area contributed by atoms with Gasteiger partial charge in [0.15, 0.2) is 5.82 Å². The van der Waals surface area contributed by atoms with Crippen LogP contribution >= 0.6 is 0 Å². The molecule has 1 aliphatic rings. The first kappa shape index (κ1) is 10.2. The summed E-state index contributed by atoms with van der Waals surface area (Å²) in [6, 6.07) is 0. The molecule has 0 aliphatic heterocycles. The minimum absolute atomic E-state index is 0.520. The van der Waals surface area contributed by atoms with Crippen LogP contribution in [0.4, 0.5) is 0 Å². The van der Waals surface area contributed by atoms with Gasteiger partial charge in [0.2, 0.25) is 0 Å². The summed E-state index contributed by atoms with van der Waals surface area (Å²) >= 11 is 0. The average Bonchev–Trinajstić information content (AvgIpc) is 3.03. The van der Waals surface area contributed by atoms with Gasteiger partial charge in [0.05, 0.1) is 5.41 Å². The topological polar surface area (TPSA) is 80.4 Å². The van der Waals surface area contributed by atoms with Crippen molar-refractivity contribution >= 4 is 11.7 Å². The summed E-state index contributed by atoms with van der Waals surface area (Å²) in [5.41, 5.74) is -0.0236. The molecule has 1 N–H and O–H groups in total. The lowest BCUT2D eigenvalue weighted by molar-refractivity contribution is -0.140. The fourth-order valence-electron chi connectivity index (χ4n) is 1.97. The molecule has 6 nitrogen and oxygen atoms in total. The van der Waals surface area contributed by atoms with E-state index in [0.29, 0.717) is 24.2 Å². The summed E-state index contributed by atoms with van der Waals surface area (Å²) in [6.07, 6.45) is 5.42. The van der Waals surface area contributed by atoms with Gasteiger partial charge in [-0.3, -0.25) is 4.79 Å². The highest BCUT2D eigenvalue weighted by molar-refractivity contribution is 5.84. The number of aryl methyl sites for hydroxylation is 1. The molecule has 0 radical (unpaired) electrons. The number of aliphatic carboxylic acids is 1. The minimum atomic E-state index is -0.783. The van der Waals surface area contributed by atoms with Crippen LogP contribution in [0, 0.1) is 0 Å². The molecule has 88 valence electrons. The third kappa shape index (κ3) is 1.40. The van der Waals surface area contributed by atoms with Crippen molar-refractivity contribution < 1.29 is 9.90 Å². The van der Waals surface area contributed by atoms with Gasteiger partial charge in [-0.2, -0.15) is 4.98 Å². The highest BCUT2D eigenvalue weighted by Crippen LogP contribution is 2.48. The molecular formula is C11H12N4O2. The van der Waals surface area contributed by atoms with E-state index < -0.39 is 11.4 Å². The largest absolute Gasteiger partial charge is 0.481 e. The maximum atomic E-state index is 11.2. The predicted molar refractivity (Wildman–Crippen MR) is 58.7 cm³/mol. The van der Waals surface area contributed by atoms with Crippen LogP contribution in [0.5, 0.6) is 0 Å². The van der Waals surface area contributed by atoms with Crippen molar-refractivity contribution in [2.75, 3.05) is 0 Å². The van der Waals surface area contributed by atoms with Gasteiger partial charge < -0.3 is 5.11 Å². The summed E-state index contributed by atoms with van der Waals surface area (Å²) in [6.45, 7) is 1.97. The van der Waals surface area contributed by atoms with Crippen molar-refractivity contribution in [1.82, 2.24) is 19.6 Å². The molecule has 1 fully saturated rings. The lowest BCUT2D eigenvalue weighted by Crippen LogP contribution is -2.20. The van der Waals surface area contributed by atoms with Gasteiger partial charge >= 0.3 is 5.97 Å². The van der Waals surface area contributed by atoms with Gasteiger partial charge in [-0.25, -0.2) is 9.50 Å². The summed E-state index contributed by atoms with van der Waals surface area (Å²) in [5, 5.41) is 13.5. The summed E-state index contributed by atoms with van der Waals surface area (Å²) in [4.78, 5) is 19.6. The van der Waals surface area contributed by atoms with Gasteiger partial charge in [-0.05, 0) is 12.8 Å². The third-order valence-electron chi connectivity index (χ3n) is 3.27. The second-order valence-electron chi connectivity index (χ2n) is 4.36. The van der Waals surface area contributed by atoms with Crippen molar-refractivity contribution in [2.24, 2.45) is 0 Å². The predicted octanol–water partition coefficient (Wildman–Crippen LogP) is 0.803.